The second kappa shape index (κ2) is 9.80. The summed E-state index contributed by atoms with van der Waals surface area (Å²) in [6.45, 7) is 0.508. The molecule has 5 nitrogen and oxygen atoms in total. The Morgan fingerprint density at radius 2 is 1.67 bits per heavy atom. The minimum absolute atomic E-state index is 0.139. The van der Waals surface area contributed by atoms with Crippen molar-refractivity contribution in [1.82, 2.24) is 9.97 Å². The number of pyridine rings is 1. The Hall–Kier alpha value is -3.51. The maximum absolute atomic E-state index is 12.7. The number of thiazole rings is 1. The highest BCUT2D eigenvalue weighted by Crippen LogP contribution is 2.21. The van der Waals surface area contributed by atoms with Crippen LogP contribution in [0.5, 0.6) is 5.75 Å². The monoisotopic (exact) mass is 415 g/mol. The van der Waals surface area contributed by atoms with Gasteiger partial charge in [0.15, 0.2) is 0 Å². The van der Waals surface area contributed by atoms with E-state index in [1.54, 1.807) is 17.9 Å². The maximum atomic E-state index is 12.7. The first-order valence-corrected chi connectivity index (χ1v) is 10.6. The zero-order valence-corrected chi connectivity index (χ0v) is 17.1. The number of hydrogen-bond donors (Lipinski definition) is 1. The van der Waals surface area contributed by atoms with Crippen LogP contribution in [0.15, 0.2) is 84.6 Å². The summed E-state index contributed by atoms with van der Waals surface area (Å²) in [6, 6.07) is 21.4. The normalized spacial score (nSPS) is 10.5. The summed E-state index contributed by atoms with van der Waals surface area (Å²) < 4.78 is 5.79. The number of aryl methyl sites for hydroxylation is 2. The number of carbonyl (C=O) groups is 1. The first-order valence-electron chi connectivity index (χ1n) is 9.67. The summed E-state index contributed by atoms with van der Waals surface area (Å²) in [4.78, 5) is 21.8. The van der Waals surface area contributed by atoms with Crippen LogP contribution in [-0.4, -0.2) is 15.9 Å². The smallest absolute Gasteiger partial charge is 0.267 e. The van der Waals surface area contributed by atoms with Gasteiger partial charge < -0.3 is 10.1 Å². The summed E-state index contributed by atoms with van der Waals surface area (Å²) in [5.74, 6) is 0.618. The van der Waals surface area contributed by atoms with E-state index in [2.05, 4.69) is 15.3 Å². The summed E-state index contributed by atoms with van der Waals surface area (Å²) in [5.41, 5.74) is 5.55. The van der Waals surface area contributed by atoms with Crippen molar-refractivity contribution in [2.24, 2.45) is 0 Å². The number of nitrogens with zero attached hydrogens (tertiary/aromatic N) is 2. The Morgan fingerprint density at radius 3 is 2.43 bits per heavy atom. The number of aromatic nitrogens is 2. The van der Waals surface area contributed by atoms with Crippen molar-refractivity contribution in [1.29, 1.82) is 0 Å². The molecule has 6 heteroatoms. The van der Waals surface area contributed by atoms with Crippen LogP contribution in [0.4, 0.5) is 5.69 Å². The minimum Gasteiger partial charge on any atom is -0.489 e. The zero-order chi connectivity index (χ0) is 20.6. The van der Waals surface area contributed by atoms with Crippen molar-refractivity contribution in [3.8, 4) is 5.75 Å². The standard InChI is InChI=1S/C24H21N3O2S/c28-24(23-22(26-17-30-23)11-6-18-12-14-25-15-13-18)27-20-7-9-21(10-8-20)29-16-19-4-2-1-3-5-19/h1-5,7-10,12-15,17H,6,11,16H2,(H,27,28). The molecule has 30 heavy (non-hydrogen) atoms. The molecule has 1 N–H and O–H groups in total. The topological polar surface area (TPSA) is 64.1 Å². The summed E-state index contributed by atoms with van der Waals surface area (Å²) in [6.07, 6.45) is 5.08. The molecule has 2 aromatic heterocycles. The lowest BCUT2D eigenvalue weighted by molar-refractivity contribution is 0.102. The number of hydrogen-bond acceptors (Lipinski definition) is 5. The van der Waals surface area contributed by atoms with Gasteiger partial charge in [0.1, 0.15) is 17.2 Å². The van der Waals surface area contributed by atoms with E-state index in [9.17, 15) is 4.79 Å². The molecule has 0 bridgehead atoms. The highest BCUT2D eigenvalue weighted by atomic mass is 32.1. The van der Waals surface area contributed by atoms with Crippen molar-refractivity contribution in [2.75, 3.05) is 5.32 Å². The van der Waals surface area contributed by atoms with Gasteiger partial charge in [0.2, 0.25) is 0 Å². The molecule has 4 rings (SSSR count). The van der Waals surface area contributed by atoms with Gasteiger partial charge in [0.05, 0.1) is 11.2 Å². The molecular formula is C24H21N3O2S. The number of amides is 1. The van der Waals surface area contributed by atoms with Gasteiger partial charge in [-0.3, -0.25) is 9.78 Å². The molecule has 0 radical (unpaired) electrons. The lowest BCUT2D eigenvalue weighted by Gasteiger charge is -2.09. The van der Waals surface area contributed by atoms with Crippen LogP contribution in [-0.2, 0) is 19.4 Å². The van der Waals surface area contributed by atoms with Crippen LogP contribution < -0.4 is 10.1 Å². The average Bonchev–Trinajstić information content (AvgIpc) is 3.27. The van der Waals surface area contributed by atoms with Crippen LogP contribution in [0, 0.1) is 0 Å². The second-order valence-electron chi connectivity index (χ2n) is 6.74. The Labute approximate surface area is 179 Å². The SMILES string of the molecule is O=C(Nc1ccc(OCc2ccccc2)cc1)c1scnc1CCc1ccncc1. The third kappa shape index (κ3) is 5.30. The average molecular weight is 416 g/mol. The number of rotatable bonds is 8. The van der Waals surface area contributed by atoms with Crippen LogP contribution in [0.3, 0.4) is 0 Å². The van der Waals surface area contributed by atoms with Crippen LogP contribution in [0.1, 0.15) is 26.5 Å². The fourth-order valence-electron chi connectivity index (χ4n) is 3.01. The van der Waals surface area contributed by atoms with E-state index >= 15 is 0 Å². The molecule has 0 unspecified atom stereocenters. The molecule has 1 amide bonds. The Kier molecular flexibility index (Phi) is 6.47. The molecule has 0 atom stereocenters. The molecule has 150 valence electrons. The minimum atomic E-state index is -0.139. The third-order valence-electron chi connectivity index (χ3n) is 4.61. The predicted molar refractivity (Wildman–Crippen MR) is 119 cm³/mol. The van der Waals surface area contributed by atoms with Gasteiger partial charge in [-0.15, -0.1) is 11.3 Å². The highest BCUT2D eigenvalue weighted by Gasteiger charge is 2.15. The summed E-state index contributed by atoms with van der Waals surface area (Å²) in [5, 5.41) is 2.95. The molecule has 0 aliphatic carbocycles. The third-order valence-corrected chi connectivity index (χ3v) is 5.48. The number of benzene rings is 2. The van der Waals surface area contributed by atoms with Gasteiger partial charge >= 0.3 is 0 Å². The summed E-state index contributed by atoms with van der Waals surface area (Å²) >= 11 is 1.36. The first kappa shape index (κ1) is 19.8. The molecule has 0 aliphatic rings. The van der Waals surface area contributed by atoms with Crippen molar-refractivity contribution >= 4 is 22.9 Å². The fraction of sp³-hybridized carbons (Fsp3) is 0.125. The van der Waals surface area contributed by atoms with E-state index in [1.807, 2.05) is 66.7 Å². The van der Waals surface area contributed by atoms with Crippen LogP contribution in [0.2, 0.25) is 0 Å². The quantitative estimate of drug-likeness (QED) is 0.432. The fourth-order valence-corrected chi connectivity index (χ4v) is 3.74. The molecule has 0 fully saturated rings. The molecule has 0 spiro atoms. The Morgan fingerprint density at radius 1 is 0.900 bits per heavy atom. The molecule has 2 heterocycles. The maximum Gasteiger partial charge on any atom is 0.267 e. The molecule has 0 saturated heterocycles. The first-order chi connectivity index (χ1) is 14.8. The Balaban J connectivity index is 1.33. The Bertz CT molecular complexity index is 1080. The largest absolute Gasteiger partial charge is 0.489 e. The van der Waals surface area contributed by atoms with E-state index < -0.39 is 0 Å². The van der Waals surface area contributed by atoms with Crippen LogP contribution >= 0.6 is 11.3 Å². The molecule has 2 aromatic carbocycles. The number of carbonyl (C=O) groups excluding carboxylic acids is 1. The van der Waals surface area contributed by atoms with Gasteiger partial charge in [-0.05, 0) is 60.4 Å². The zero-order valence-electron chi connectivity index (χ0n) is 16.3. The molecule has 4 aromatic rings. The number of ether oxygens (including phenoxy) is 1. The van der Waals surface area contributed by atoms with E-state index in [-0.39, 0.29) is 5.91 Å². The lowest BCUT2D eigenvalue weighted by Crippen LogP contribution is -2.13. The molecular weight excluding hydrogens is 394 g/mol. The van der Waals surface area contributed by atoms with E-state index in [0.717, 1.165) is 29.1 Å². The molecule has 0 saturated carbocycles. The lowest BCUT2D eigenvalue weighted by atomic mass is 10.1. The predicted octanol–water partition coefficient (Wildman–Crippen LogP) is 5.15. The van der Waals surface area contributed by atoms with Crippen molar-refractivity contribution < 1.29 is 9.53 Å². The van der Waals surface area contributed by atoms with Crippen molar-refractivity contribution in [3.05, 3.63) is 106 Å². The van der Waals surface area contributed by atoms with E-state index in [4.69, 9.17) is 4.74 Å². The van der Waals surface area contributed by atoms with Crippen LogP contribution in [0.25, 0.3) is 0 Å². The van der Waals surface area contributed by atoms with E-state index in [0.29, 0.717) is 17.9 Å². The van der Waals surface area contributed by atoms with Gasteiger partial charge in [-0.1, -0.05) is 30.3 Å². The second-order valence-corrected chi connectivity index (χ2v) is 7.59. The van der Waals surface area contributed by atoms with Gasteiger partial charge in [0.25, 0.3) is 5.91 Å². The number of anilines is 1. The van der Waals surface area contributed by atoms with Crippen molar-refractivity contribution in [2.45, 2.75) is 19.4 Å². The van der Waals surface area contributed by atoms with Gasteiger partial charge in [0, 0.05) is 18.1 Å². The number of nitrogens with one attached hydrogen (secondary N) is 1. The van der Waals surface area contributed by atoms with Gasteiger partial charge in [-0.25, -0.2) is 4.98 Å². The summed E-state index contributed by atoms with van der Waals surface area (Å²) in [7, 11) is 0. The highest BCUT2D eigenvalue weighted by molar-refractivity contribution is 7.12. The van der Waals surface area contributed by atoms with E-state index in [1.165, 1.54) is 16.9 Å². The molecule has 0 aliphatic heterocycles. The van der Waals surface area contributed by atoms with Crippen molar-refractivity contribution in [3.63, 3.8) is 0 Å². The van der Waals surface area contributed by atoms with Gasteiger partial charge in [-0.2, -0.15) is 0 Å².